The summed E-state index contributed by atoms with van der Waals surface area (Å²) in [6.07, 6.45) is 3.24. The van der Waals surface area contributed by atoms with Gasteiger partial charge >= 0.3 is 0 Å². The van der Waals surface area contributed by atoms with Crippen LogP contribution in [-0.2, 0) is 9.47 Å². The van der Waals surface area contributed by atoms with Crippen molar-refractivity contribution in [3.63, 3.8) is 0 Å². The summed E-state index contributed by atoms with van der Waals surface area (Å²) in [5, 5.41) is 3.26. The number of carbonyl (C=O) groups excluding carboxylic acids is 1. The third-order valence-electron chi connectivity index (χ3n) is 4.88. The zero-order valence-electron chi connectivity index (χ0n) is 14.8. The van der Waals surface area contributed by atoms with Crippen LogP contribution in [-0.4, -0.2) is 47.8 Å². The first-order chi connectivity index (χ1) is 12.6. The lowest BCUT2D eigenvalue weighted by Crippen LogP contribution is -2.45. The highest BCUT2D eigenvalue weighted by atomic mass is 16.7. The molecule has 1 aromatic carbocycles. The third kappa shape index (κ3) is 3.54. The minimum absolute atomic E-state index is 0.0546. The summed E-state index contributed by atoms with van der Waals surface area (Å²) in [5.41, 5.74) is 1.57. The molecule has 3 heterocycles. The lowest BCUT2D eigenvalue weighted by molar-refractivity contribution is -0.169. The lowest BCUT2D eigenvalue weighted by atomic mass is 10.0. The molecular formula is C19H22N4O3. The van der Waals surface area contributed by atoms with E-state index in [1.54, 1.807) is 25.4 Å². The van der Waals surface area contributed by atoms with Gasteiger partial charge in [-0.2, -0.15) is 0 Å². The number of nitrogens with one attached hydrogen (secondary N) is 1. The van der Waals surface area contributed by atoms with E-state index in [0.717, 1.165) is 43.3 Å². The molecule has 2 saturated heterocycles. The van der Waals surface area contributed by atoms with Crippen LogP contribution in [0.15, 0.2) is 36.7 Å². The first-order valence-electron chi connectivity index (χ1n) is 8.87. The second kappa shape index (κ2) is 7.01. The van der Waals surface area contributed by atoms with Crippen LogP contribution in [0, 0.1) is 0 Å². The van der Waals surface area contributed by atoms with Crippen LogP contribution in [0.1, 0.15) is 30.1 Å². The van der Waals surface area contributed by atoms with Gasteiger partial charge in [0.05, 0.1) is 13.2 Å². The monoisotopic (exact) mass is 354 g/mol. The molecule has 7 nitrogen and oxygen atoms in total. The molecule has 1 N–H and O–H groups in total. The van der Waals surface area contributed by atoms with Crippen molar-refractivity contribution >= 4 is 23.1 Å². The van der Waals surface area contributed by atoms with Gasteiger partial charge in [-0.3, -0.25) is 4.79 Å². The Labute approximate surface area is 152 Å². The maximum absolute atomic E-state index is 11.4. The number of anilines is 3. The Morgan fingerprint density at radius 1 is 1.12 bits per heavy atom. The number of ether oxygens (including phenoxy) is 2. The first-order valence-corrected chi connectivity index (χ1v) is 8.87. The highest BCUT2D eigenvalue weighted by Crippen LogP contribution is 2.33. The van der Waals surface area contributed by atoms with Crippen LogP contribution in [0.4, 0.5) is 17.3 Å². The second-order valence-corrected chi connectivity index (χ2v) is 6.61. The number of nitrogens with zero attached hydrogens (tertiary/aromatic N) is 3. The van der Waals surface area contributed by atoms with Crippen LogP contribution in [0.2, 0.25) is 0 Å². The standard InChI is InChI=1S/C19H22N4O3/c1-14(24)15-2-4-16(5-3-15)22-17-12-18(21-13-20-17)23-8-6-19(7-9-23)25-10-11-26-19/h2-5,12-13H,6-11H2,1H3,(H,20,21,22). The van der Waals surface area contributed by atoms with Gasteiger partial charge < -0.3 is 19.7 Å². The summed E-state index contributed by atoms with van der Waals surface area (Å²) in [6.45, 7) is 4.60. The van der Waals surface area contributed by atoms with Gasteiger partial charge in [0.15, 0.2) is 11.6 Å². The van der Waals surface area contributed by atoms with Crippen molar-refractivity contribution in [2.24, 2.45) is 0 Å². The summed E-state index contributed by atoms with van der Waals surface area (Å²) < 4.78 is 11.6. The molecule has 1 spiro atoms. The van der Waals surface area contributed by atoms with E-state index in [4.69, 9.17) is 9.47 Å². The molecule has 0 unspecified atom stereocenters. The minimum Gasteiger partial charge on any atom is -0.356 e. The Morgan fingerprint density at radius 2 is 1.81 bits per heavy atom. The Bertz CT molecular complexity index is 778. The molecule has 0 aliphatic carbocycles. The average molecular weight is 354 g/mol. The van der Waals surface area contributed by atoms with Crippen molar-refractivity contribution in [2.45, 2.75) is 25.6 Å². The van der Waals surface area contributed by atoms with E-state index in [2.05, 4.69) is 20.2 Å². The molecular weight excluding hydrogens is 332 g/mol. The van der Waals surface area contributed by atoms with Crippen molar-refractivity contribution in [1.82, 2.24) is 9.97 Å². The van der Waals surface area contributed by atoms with Crippen LogP contribution >= 0.6 is 0 Å². The normalized spacial score (nSPS) is 18.9. The topological polar surface area (TPSA) is 76.6 Å². The largest absolute Gasteiger partial charge is 0.356 e. The molecule has 2 aliphatic heterocycles. The van der Waals surface area contributed by atoms with E-state index in [-0.39, 0.29) is 11.6 Å². The molecule has 26 heavy (non-hydrogen) atoms. The van der Waals surface area contributed by atoms with Crippen molar-refractivity contribution in [3.05, 3.63) is 42.2 Å². The van der Waals surface area contributed by atoms with E-state index < -0.39 is 0 Å². The van der Waals surface area contributed by atoms with Gasteiger partial charge in [-0.05, 0) is 31.2 Å². The number of benzene rings is 1. The summed E-state index contributed by atoms with van der Waals surface area (Å²) in [5.74, 6) is 1.28. The Morgan fingerprint density at radius 3 is 2.46 bits per heavy atom. The summed E-state index contributed by atoms with van der Waals surface area (Å²) >= 11 is 0. The number of hydrogen-bond acceptors (Lipinski definition) is 7. The molecule has 0 saturated carbocycles. The van der Waals surface area contributed by atoms with E-state index >= 15 is 0 Å². The van der Waals surface area contributed by atoms with E-state index in [0.29, 0.717) is 18.8 Å². The number of carbonyl (C=O) groups is 1. The summed E-state index contributed by atoms with van der Waals surface area (Å²) in [7, 11) is 0. The Hall–Kier alpha value is -2.51. The number of Topliss-reactive ketones (excluding diaryl/α,β-unsaturated/α-hetero) is 1. The molecule has 4 rings (SSSR count). The fraction of sp³-hybridized carbons (Fsp3) is 0.421. The van der Waals surface area contributed by atoms with Crippen molar-refractivity contribution in [2.75, 3.05) is 36.5 Å². The number of aromatic nitrogens is 2. The van der Waals surface area contributed by atoms with E-state index in [9.17, 15) is 4.79 Å². The number of hydrogen-bond donors (Lipinski definition) is 1. The zero-order valence-corrected chi connectivity index (χ0v) is 14.8. The van der Waals surface area contributed by atoms with E-state index in [1.807, 2.05) is 18.2 Å². The molecule has 2 aliphatic rings. The van der Waals surface area contributed by atoms with Crippen LogP contribution in [0.5, 0.6) is 0 Å². The van der Waals surface area contributed by atoms with Crippen molar-refractivity contribution in [1.29, 1.82) is 0 Å². The molecule has 2 aromatic rings. The predicted octanol–water partition coefficient (Wildman–Crippen LogP) is 2.77. The molecule has 0 atom stereocenters. The van der Waals surface area contributed by atoms with Gasteiger partial charge in [0.1, 0.15) is 18.0 Å². The predicted molar refractivity (Wildman–Crippen MR) is 97.8 cm³/mol. The third-order valence-corrected chi connectivity index (χ3v) is 4.88. The summed E-state index contributed by atoms with van der Waals surface area (Å²) in [4.78, 5) is 22.3. The molecule has 0 bridgehead atoms. The zero-order chi connectivity index (χ0) is 18.0. The SMILES string of the molecule is CC(=O)c1ccc(Nc2cc(N3CCC4(CC3)OCCO4)ncn2)cc1. The number of rotatable bonds is 4. The smallest absolute Gasteiger partial charge is 0.171 e. The highest BCUT2D eigenvalue weighted by Gasteiger charge is 2.40. The first kappa shape index (κ1) is 16.9. The molecule has 136 valence electrons. The maximum Gasteiger partial charge on any atom is 0.171 e. The molecule has 0 radical (unpaired) electrons. The van der Waals surface area contributed by atoms with Gasteiger partial charge in [0.25, 0.3) is 0 Å². The fourth-order valence-corrected chi connectivity index (χ4v) is 3.39. The maximum atomic E-state index is 11.4. The number of ketones is 1. The Balaban J connectivity index is 1.42. The number of piperidine rings is 1. The highest BCUT2D eigenvalue weighted by molar-refractivity contribution is 5.94. The van der Waals surface area contributed by atoms with Crippen LogP contribution in [0.3, 0.4) is 0 Å². The van der Waals surface area contributed by atoms with Crippen molar-refractivity contribution in [3.8, 4) is 0 Å². The quantitative estimate of drug-likeness (QED) is 0.846. The van der Waals surface area contributed by atoms with E-state index in [1.165, 1.54) is 0 Å². The van der Waals surface area contributed by atoms with Gasteiger partial charge in [-0.25, -0.2) is 9.97 Å². The summed E-state index contributed by atoms with van der Waals surface area (Å²) in [6, 6.07) is 9.29. The molecule has 2 fully saturated rings. The Kier molecular flexibility index (Phi) is 4.57. The van der Waals surface area contributed by atoms with Crippen LogP contribution in [0.25, 0.3) is 0 Å². The van der Waals surface area contributed by atoms with Gasteiger partial charge in [-0.1, -0.05) is 0 Å². The average Bonchev–Trinajstić information content (AvgIpc) is 3.11. The molecule has 0 amide bonds. The second-order valence-electron chi connectivity index (χ2n) is 6.61. The lowest BCUT2D eigenvalue weighted by Gasteiger charge is -2.38. The van der Waals surface area contributed by atoms with Gasteiger partial charge in [0.2, 0.25) is 0 Å². The minimum atomic E-state index is -0.386. The molecule has 7 heteroatoms. The van der Waals surface area contributed by atoms with Gasteiger partial charge in [0, 0.05) is 43.2 Å². The van der Waals surface area contributed by atoms with Gasteiger partial charge in [-0.15, -0.1) is 0 Å². The fourth-order valence-electron chi connectivity index (χ4n) is 3.39. The van der Waals surface area contributed by atoms with Crippen molar-refractivity contribution < 1.29 is 14.3 Å². The van der Waals surface area contributed by atoms with Crippen LogP contribution < -0.4 is 10.2 Å². The molecule has 1 aromatic heterocycles.